The fraction of sp³-hybridized carbons (Fsp3) is 0.400. The first kappa shape index (κ1) is 16.7. The summed E-state index contributed by atoms with van der Waals surface area (Å²) in [6, 6.07) is 17.7. The molecule has 0 aliphatic heterocycles. The van der Waals surface area contributed by atoms with Crippen molar-refractivity contribution in [2.45, 2.75) is 51.2 Å². The average molecular weight is 298 g/mol. The summed E-state index contributed by atoms with van der Waals surface area (Å²) in [5.41, 5.74) is 2.45. The summed E-state index contributed by atoms with van der Waals surface area (Å²) in [4.78, 5) is 0. The third-order valence-electron chi connectivity index (χ3n) is 4.61. The van der Waals surface area contributed by atoms with Gasteiger partial charge in [-0.3, -0.25) is 0 Å². The molecule has 2 heteroatoms. The van der Waals surface area contributed by atoms with Crippen molar-refractivity contribution in [1.82, 2.24) is 0 Å². The molecule has 2 nitrogen and oxygen atoms in total. The van der Waals surface area contributed by atoms with Gasteiger partial charge in [0.25, 0.3) is 0 Å². The summed E-state index contributed by atoms with van der Waals surface area (Å²) in [6.45, 7) is 4.06. The van der Waals surface area contributed by atoms with E-state index >= 15 is 0 Å². The monoisotopic (exact) mass is 298 g/mol. The van der Waals surface area contributed by atoms with Crippen LogP contribution in [0.3, 0.4) is 0 Å². The minimum absolute atomic E-state index is 0.553. The van der Waals surface area contributed by atoms with Gasteiger partial charge in [-0.2, -0.15) is 0 Å². The van der Waals surface area contributed by atoms with E-state index in [1.54, 1.807) is 0 Å². The van der Waals surface area contributed by atoms with Crippen LogP contribution in [0.1, 0.15) is 55.9 Å². The molecule has 0 radical (unpaired) electrons. The fourth-order valence-electron chi connectivity index (χ4n) is 2.67. The zero-order valence-electron chi connectivity index (χ0n) is 13.5. The van der Waals surface area contributed by atoms with Gasteiger partial charge < -0.3 is 10.2 Å². The molecule has 118 valence electrons. The Labute approximate surface area is 133 Å². The highest BCUT2D eigenvalue weighted by Gasteiger charge is 2.21. The topological polar surface area (TPSA) is 40.5 Å². The van der Waals surface area contributed by atoms with Gasteiger partial charge in [-0.05, 0) is 42.4 Å². The first-order valence-electron chi connectivity index (χ1n) is 8.12. The highest BCUT2D eigenvalue weighted by molar-refractivity contribution is 5.31. The van der Waals surface area contributed by atoms with E-state index in [2.05, 4.69) is 0 Å². The van der Waals surface area contributed by atoms with Crippen LogP contribution in [-0.4, -0.2) is 15.8 Å². The molecule has 2 N–H and O–H groups in total. The molecular formula is C20H26O2. The molecule has 1 atom stereocenters. The highest BCUT2D eigenvalue weighted by Crippen LogP contribution is 2.24. The second-order valence-electron chi connectivity index (χ2n) is 5.99. The predicted molar refractivity (Wildman–Crippen MR) is 90.8 cm³/mol. The Morgan fingerprint density at radius 3 is 1.95 bits per heavy atom. The lowest BCUT2D eigenvalue weighted by molar-refractivity contribution is 0.0239. The van der Waals surface area contributed by atoms with E-state index in [0.29, 0.717) is 0 Å². The maximum absolute atomic E-state index is 10.4. The molecule has 0 heterocycles. The minimum Gasteiger partial charge on any atom is -0.390 e. The number of aliphatic hydroxyl groups excluding tert-OH is 1. The van der Waals surface area contributed by atoms with Crippen LogP contribution < -0.4 is 0 Å². The van der Waals surface area contributed by atoms with E-state index in [4.69, 9.17) is 0 Å². The van der Waals surface area contributed by atoms with Gasteiger partial charge in [0.1, 0.15) is 6.10 Å². The summed E-state index contributed by atoms with van der Waals surface area (Å²) >= 11 is 0. The Morgan fingerprint density at radius 2 is 1.41 bits per heavy atom. The summed E-state index contributed by atoms with van der Waals surface area (Å²) in [6.07, 6.45) is 2.63. The second kappa shape index (κ2) is 7.57. The molecular weight excluding hydrogens is 272 g/mol. The summed E-state index contributed by atoms with van der Waals surface area (Å²) in [7, 11) is 0. The fourth-order valence-corrected chi connectivity index (χ4v) is 2.67. The molecule has 2 aromatic rings. The van der Waals surface area contributed by atoms with Crippen LogP contribution in [0, 0.1) is 0 Å². The molecule has 22 heavy (non-hydrogen) atoms. The summed E-state index contributed by atoms with van der Waals surface area (Å²) < 4.78 is 0. The largest absolute Gasteiger partial charge is 0.390 e. The van der Waals surface area contributed by atoms with Crippen molar-refractivity contribution in [2.24, 2.45) is 0 Å². The van der Waals surface area contributed by atoms with Gasteiger partial charge in [-0.25, -0.2) is 0 Å². The van der Waals surface area contributed by atoms with Gasteiger partial charge in [-0.15, -0.1) is 0 Å². The van der Waals surface area contributed by atoms with Crippen LogP contribution in [0.2, 0.25) is 0 Å². The van der Waals surface area contributed by atoms with E-state index in [9.17, 15) is 10.2 Å². The molecule has 0 saturated heterocycles. The van der Waals surface area contributed by atoms with Crippen LogP contribution >= 0.6 is 0 Å². The molecule has 0 aliphatic carbocycles. The molecule has 0 fully saturated rings. The molecule has 0 bridgehead atoms. The van der Waals surface area contributed by atoms with Crippen molar-refractivity contribution in [2.75, 3.05) is 0 Å². The molecule has 0 aliphatic rings. The van der Waals surface area contributed by atoms with E-state index in [1.165, 1.54) is 5.56 Å². The predicted octanol–water partition coefficient (Wildman–Crippen LogP) is 4.25. The summed E-state index contributed by atoms with van der Waals surface area (Å²) in [5.74, 6) is 0. The van der Waals surface area contributed by atoms with E-state index in [1.807, 2.05) is 68.4 Å². The SMILES string of the molecule is CCC(O)(CC)CCc1ccc(C(O)c2ccccc2)cc1. The Bertz CT molecular complexity index is 556. The zero-order chi connectivity index (χ0) is 16.0. The molecule has 0 saturated carbocycles. The van der Waals surface area contributed by atoms with Crippen LogP contribution in [0.5, 0.6) is 0 Å². The zero-order valence-corrected chi connectivity index (χ0v) is 13.5. The molecule has 0 spiro atoms. The third kappa shape index (κ3) is 4.19. The third-order valence-corrected chi connectivity index (χ3v) is 4.61. The number of aliphatic hydroxyl groups is 2. The first-order chi connectivity index (χ1) is 10.6. The lowest BCUT2D eigenvalue weighted by Gasteiger charge is -2.25. The van der Waals surface area contributed by atoms with Gasteiger partial charge in [0.15, 0.2) is 0 Å². The van der Waals surface area contributed by atoms with Crippen molar-refractivity contribution >= 4 is 0 Å². The number of hydrogen-bond donors (Lipinski definition) is 2. The summed E-state index contributed by atoms with van der Waals surface area (Å²) in [5, 5.41) is 20.7. The van der Waals surface area contributed by atoms with Crippen LogP contribution in [-0.2, 0) is 6.42 Å². The molecule has 0 aromatic heterocycles. The van der Waals surface area contributed by atoms with Crippen molar-refractivity contribution in [1.29, 1.82) is 0 Å². The van der Waals surface area contributed by atoms with Crippen molar-refractivity contribution < 1.29 is 10.2 Å². The van der Waals surface area contributed by atoms with Crippen LogP contribution in [0.15, 0.2) is 54.6 Å². The normalized spacial score (nSPS) is 13.1. The molecule has 0 amide bonds. The lowest BCUT2D eigenvalue weighted by Crippen LogP contribution is -2.27. The van der Waals surface area contributed by atoms with Crippen molar-refractivity contribution in [3.63, 3.8) is 0 Å². The standard InChI is InChI=1S/C20H26O2/c1-3-20(22,4-2)15-14-16-10-12-18(13-11-16)19(21)17-8-6-5-7-9-17/h5-13,19,21-22H,3-4,14-15H2,1-2H3. The Balaban J connectivity index is 2.01. The smallest absolute Gasteiger partial charge is 0.104 e. The van der Waals surface area contributed by atoms with Gasteiger partial charge in [0.05, 0.1) is 5.60 Å². The van der Waals surface area contributed by atoms with E-state index in [0.717, 1.165) is 36.8 Å². The first-order valence-corrected chi connectivity index (χ1v) is 8.12. The minimum atomic E-state index is -0.585. The Kier molecular flexibility index (Phi) is 5.76. The van der Waals surface area contributed by atoms with Gasteiger partial charge in [0.2, 0.25) is 0 Å². The van der Waals surface area contributed by atoms with E-state index < -0.39 is 11.7 Å². The average Bonchev–Trinajstić information content (AvgIpc) is 2.60. The maximum atomic E-state index is 10.4. The van der Waals surface area contributed by atoms with Crippen molar-refractivity contribution in [3.8, 4) is 0 Å². The second-order valence-corrected chi connectivity index (χ2v) is 5.99. The number of aryl methyl sites for hydroxylation is 1. The quantitative estimate of drug-likeness (QED) is 0.802. The highest BCUT2D eigenvalue weighted by atomic mass is 16.3. The number of benzene rings is 2. The van der Waals surface area contributed by atoms with Crippen LogP contribution in [0.25, 0.3) is 0 Å². The van der Waals surface area contributed by atoms with Gasteiger partial charge >= 0.3 is 0 Å². The molecule has 1 unspecified atom stereocenters. The molecule has 2 rings (SSSR count). The van der Waals surface area contributed by atoms with E-state index in [-0.39, 0.29) is 0 Å². The number of hydrogen-bond acceptors (Lipinski definition) is 2. The maximum Gasteiger partial charge on any atom is 0.104 e. The van der Waals surface area contributed by atoms with Gasteiger partial charge in [0, 0.05) is 0 Å². The Hall–Kier alpha value is -1.64. The van der Waals surface area contributed by atoms with Gasteiger partial charge in [-0.1, -0.05) is 68.4 Å². The number of rotatable bonds is 7. The van der Waals surface area contributed by atoms with Crippen molar-refractivity contribution in [3.05, 3.63) is 71.3 Å². The molecule has 2 aromatic carbocycles. The lowest BCUT2D eigenvalue weighted by atomic mass is 9.89. The Morgan fingerprint density at radius 1 is 0.864 bits per heavy atom. The van der Waals surface area contributed by atoms with Crippen LogP contribution in [0.4, 0.5) is 0 Å².